The van der Waals surface area contributed by atoms with E-state index >= 15 is 0 Å². The SMILES string of the molecule is COc1cc(Br)ccc1NC(=O)[C@@H]1CCCN(c2nc3ccccc3nc2OC)C1. The highest BCUT2D eigenvalue weighted by Gasteiger charge is 2.29. The highest BCUT2D eigenvalue weighted by molar-refractivity contribution is 9.10. The Kier molecular flexibility index (Phi) is 6.03. The number of methoxy groups -OCH3 is 2. The van der Waals surface area contributed by atoms with Gasteiger partial charge < -0.3 is 19.7 Å². The molecule has 4 rings (SSSR count). The van der Waals surface area contributed by atoms with Crippen molar-refractivity contribution in [3.8, 4) is 11.6 Å². The highest BCUT2D eigenvalue weighted by atomic mass is 79.9. The molecule has 2 aromatic carbocycles. The van der Waals surface area contributed by atoms with E-state index in [-0.39, 0.29) is 11.8 Å². The predicted molar refractivity (Wildman–Crippen MR) is 120 cm³/mol. The topological polar surface area (TPSA) is 76.6 Å². The lowest BCUT2D eigenvalue weighted by Crippen LogP contribution is -2.41. The number of nitrogens with one attached hydrogen (secondary N) is 1. The summed E-state index contributed by atoms with van der Waals surface area (Å²) >= 11 is 3.42. The number of nitrogens with zero attached hydrogens (tertiary/aromatic N) is 3. The van der Waals surface area contributed by atoms with E-state index in [2.05, 4.69) is 31.1 Å². The minimum atomic E-state index is -0.176. The van der Waals surface area contributed by atoms with E-state index in [4.69, 9.17) is 14.5 Å². The third-order valence-corrected chi connectivity index (χ3v) is 5.72. The molecule has 1 aliphatic rings. The van der Waals surface area contributed by atoms with E-state index in [1.807, 2.05) is 42.5 Å². The number of halogens is 1. The van der Waals surface area contributed by atoms with Crippen LogP contribution in [0.15, 0.2) is 46.9 Å². The summed E-state index contributed by atoms with van der Waals surface area (Å²) in [5, 5.41) is 3.01. The molecule has 1 N–H and O–H groups in total. The molecule has 8 heteroatoms. The quantitative estimate of drug-likeness (QED) is 0.599. The standard InChI is InChI=1S/C22H23BrN4O3/c1-29-19-12-15(23)9-10-18(19)25-21(28)14-6-5-11-27(13-14)20-22(30-2)26-17-8-4-3-7-16(17)24-20/h3-4,7-10,12,14H,5-6,11,13H2,1-2H3,(H,25,28)/t14-/m1/s1. The molecular formula is C22H23BrN4O3. The lowest BCUT2D eigenvalue weighted by Gasteiger charge is -2.33. The van der Waals surface area contributed by atoms with Crippen molar-refractivity contribution in [2.45, 2.75) is 12.8 Å². The minimum absolute atomic E-state index is 0.0342. The number of carbonyl (C=O) groups excluding carboxylic acids is 1. The number of para-hydroxylation sites is 2. The summed E-state index contributed by atoms with van der Waals surface area (Å²) < 4.78 is 11.8. The first-order chi connectivity index (χ1) is 14.6. The fourth-order valence-electron chi connectivity index (χ4n) is 3.70. The monoisotopic (exact) mass is 470 g/mol. The first-order valence-corrected chi connectivity index (χ1v) is 10.6. The van der Waals surface area contributed by atoms with Gasteiger partial charge in [-0.15, -0.1) is 0 Å². The summed E-state index contributed by atoms with van der Waals surface area (Å²) in [4.78, 5) is 24.4. The summed E-state index contributed by atoms with van der Waals surface area (Å²) in [6.07, 6.45) is 1.69. The van der Waals surface area contributed by atoms with Crippen molar-refractivity contribution in [3.63, 3.8) is 0 Å². The molecule has 7 nitrogen and oxygen atoms in total. The van der Waals surface area contributed by atoms with Crippen molar-refractivity contribution in [1.82, 2.24) is 9.97 Å². The number of carbonyl (C=O) groups is 1. The molecule has 156 valence electrons. The Balaban J connectivity index is 1.55. The number of aromatic nitrogens is 2. The fraction of sp³-hybridized carbons (Fsp3) is 0.318. The van der Waals surface area contributed by atoms with E-state index in [1.54, 1.807) is 14.2 Å². The first-order valence-electron chi connectivity index (χ1n) is 9.79. The second-order valence-electron chi connectivity index (χ2n) is 7.16. The Labute approximate surface area is 183 Å². The summed E-state index contributed by atoms with van der Waals surface area (Å²) in [7, 11) is 3.18. The molecule has 1 aliphatic heterocycles. The maximum Gasteiger partial charge on any atom is 0.257 e. The van der Waals surface area contributed by atoms with Crippen LogP contribution in [0.4, 0.5) is 11.5 Å². The van der Waals surface area contributed by atoms with Crippen LogP contribution in [0.5, 0.6) is 11.6 Å². The molecular weight excluding hydrogens is 448 g/mol. The molecule has 3 aromatic rings. The molecule has 0 aliphatic carbocycles. The molecule has 0 unspecified atom stereocenters. The zero-order chi connectivity index (χ0) is 21.1. The van der Waals surface area contributed by atoms with Gasteiger partial charge in [-0.25, -0.2) is 9.97 Å². The maximum atomic E-state index is 13.0. The molecule has 0 spiro atoms. The largest absolute Gasteiger partial charge is 0.495 e. The summed E-state index contributed by atoms with van der Waals surface area (Å²) in [6.45, 7) is 1.35. The Morgan fingerprint density at radius 1 is 1.13 bits per heavy atom. The number of hydrogen-bond donors (Lipinski definition) is 1. The number of piperidine rings is 1. The van der Waals surface area contributed by atoms with Crippen LogP contribution in [0.1, 0.15) is 12.8 Å². The molecule has 0 saturated carbocycles. The van der Waals surface area contributed by atoms with Gasteiger partial charge >= 0.3 is 0 Å². The smallest absolute Gasteiger partial charge is 0.257 e. The van der Waals surface area contributed by atoms with Gasteiger partial charge in [0.2, 0.25) is 5.91 Å². The number of ether oxygens (including phenoxy) is 2. The second kappa shape index (κ2) is 8.87. The van der Waals surface area contributed by atoms with E-state index in [9.17, 15) is 4.79 Å². The molecule has 1 atom stereocenters. The number of benzene rings is 2. The van der Waals surface area contributed by atoms with Gasteiger partial charge in [-0.3, -0.25) is 4.79 Å². The maximum absolute atomic E-state index is 13.0. The molecule has 0 radical (unpaired) electrons. The molecule has 0 bridgehead atoms. The summed E-state index contributed by atoms with van der Waals surface area (Å²) in [5.41, 5.74) is 2.25. The Morgan fingerprint density at radius 2 is 1.90 bits per heavy atom. The average molecular weight is 471 g/mol. The fourth-order valence-corrected chi connectivity index (χ4v) is 4.04. The normalized spacial score (nSPS) is 16.4. The van der Waals surface area contributed by atoms with Crippen LogP contribution in [-0.2, 0) is 4.79 Å². The first kappa shape index (κ1) is 20.4. The number of fused-ring (bicyclic) bond motifs is 1. The highest BCUT2D eigenvalue weighted by Crippen LogP contribution is 2.32. The van der Waals surface area contributed by atoms with E-state index < -0.39 is 0 Å². The van der Waals surface area contributed by atoms with Crippen LogP contribution >= 0.6 is 15.9 Å². The molecule has 30 heavy (non-hydrogen) atoms. The number of hydrogen-bond acceptors (Lipinski definition) is 6. The van der Waals surface area contributed by atoms with Gasteiger partial charge in [0.1, 0.15) is 5.75 Å². The van der Waals surface area contributed by atoms with Gasteiger partial charge in [-0.2, -0.15) is 0 Å². The average Bonchev–Trinajstić information content (AvgIpc) is 2.79. The van der Waals surface area contributed by atoms with Gasteiger partial charge in [0.15, 0.2) is 5.82 Å². The van der Waals surface area contributed by atoms with Crippen molar-refractivity contribution in [2.24, 2.45) is 5.92 Å². The lowest BCUT2D eigenvalue weighted by molar-refractivity contribution is -0.120. The van der Waals surface area contributed by atoms with Gasteiger partial charge in [0.05, 0.1) is 36.9 Å². The zero-order valence-electron chi connectivity index (χ0n) is 16.9. The van der Waals surface area contributed by atoms with Crippen molar-refractivity contribution in [1.29, 1.82) is 0 Å². The number of anilines is 2. The molecule has 2 heterocycles. The van der Waals surface area contributed by atoms with Crippen LogP contribution in [0.25, 0.3) is 11.0 Å². The number of amides is 1. The summed E-state index contributed by atoms with van der Waals surface area (Å²) in [6, 6.07) is 13.2. The molecule has 1 saturated heterocycles. The molecule has 1 aromatic heterocycles. The third-order valence-electron chi connectivity index (χ3n) is 5.23. The Hall–Kier alpha value is -2.87. The van der Waals surface area contributed by atoms with Gasteiger partial charge in [-0.05, 0) is 43.2 Å². The van der Waals surface area contributed by atoms with Crippen molar-refractivity contribution in [2.75, 3.05) is 37.5 Å². The van der Waals surface area contributed by atoms with Gasteiger partial charge in [0.25, 0.3) is 5.88 Å². The van der Waals surface area contributed by atoms with Crippen LogP contribution in [-0.4, -0.2) is 43.2 Å². The van der Waals surface area contributed by atoms with Gasteiger partial charge in [-0.1, -0.05) is 28.1 Å². The predicted octanol–water partition coefficient (Wildman–Crippen LogP) is 4.26. The van der Waals surface area contributed by atoms with Crippen LogP contribution in [0.2, 0.25) is 0 Å². The van der Waals surface area contributed by atoms with Crippen LogP contribution < -0.4 is 19.7 Å². The zero-order valence-corrected chi connectivity index (χ0v) is 18.5. The molecule has 1 amide bonds. The molecule has 1 fully saturated rings. The van der Waals surface area contributed by atoms with Crippen molar-refractivity contribution < 1.29 is 14.3 Å². The second-order valence-corrected chi connectivity index (χ2v) is 8.08. The lowest BCUT2D eigenvalue weighted by atomic mass is 9.97. The van der Waals surface area contributed by atoms with Crippen molar-refractivity contribution >= 4 is 44.4 Å². The summed E-state index contributed by atoms with van der Waals surface area (Å²) in [5.74, 6) is 1.56. The van der Waals surface area contributed by atoms with Crippen LogP contribution in [0.3, 0.4) is 0 Å². The Bertz CT molecular complexity index is 1080. The number of rotatable bonds is 5. The van der Waals surface area contributed by atoms with Crippen LogP contribution in [0, 0.1) is 5.92 Å². The van der Waals surface area contributed by atoms with E-state index in [0.29, 0.717) is 29.7 Å². The minimum Gasteiger partial charge on any atom is -0.495 e. The van der Waals surface area contributed by atoms with Gasteiger partial charge in [0, 0.05) is 17.6 Å². The van der Waals surface area contributed by atoms with E-state index in [1.165, 1.54) is 0 Å². The third kappa shape index (κ3) is 4.18. The Morgan fingerprint density at radius 3 is 2.63 bits per heavy atom. The van der Waals surface area contributed by atoms with Crippen molar-refractivity contribution in [3.05, 3.63) is 46.9 Å². The van der Waals surface area contributed by atoms with E-state index in [0.717, 1.165) is 34.9 Å².